The normalized spacial score (nSPS) is 21.0. The Bertz CT molecular complexity index is 618. The number of aromatic nitrogens is 4. The van der Waals surface area contributed by atoms with Crippen molar-refractivity contribution in [3.63, 3.8) is 0 Å². The second-order valence-corrected chi connectivity index (χ2v) is 6.01. The number of nitrogens with zero attached hydrogens (tertiary/aromatic N) is 6. The lowest BCUT2D eigenvalue weighted by Crippen LogP contribution is -2.47. The first-order valence-electron chi connectivity index (χ1n) is 7.91. The summed E-state index contributed by atoms with van der Waals surface area (Å²) in [5.41, 5.74) is 0. The smallest absolute Gasteiger partial charge is 0.243 e. The molecule has 4 rings (SSSR count). The van der Waals surface area contributed by atoms with E-state index in [1.54, 1.807) is 12.4 Å². The highest BCUT2D eigenvalue weighted by Gasteiger charge is 2.31. The van der Waals surface area contributed by atoms with Crippen molar-refractivity contribution in [2.45, 2.75) is 31.7 Å². The first kappa shape index (κ1) is 13.6. The standard InChI is InChI=1S/C15H20N6O/c1-11(14-18-13(19-22-14)12-3-4-12)20-7-9-21(10-8-20)15-16-5-2-6-17-15/h2,5-6,11-12H,3-4,7-10H2,1H3/t11-/m0/s1. The zero-order valence-electron chi connectivity index (χ0n) is 12.7. The number of anilines is 1. The Balaban J connectivity index is 1.38. The SMILES string of the molecule is C[C@@H](c1nc(C2CC2)no1)N1CCN(c2ncccn2)CC1. The molecule has 1 aliphatic heterocycles. The average Bonchev–Trinajstić information content (AvgIpc) is 3.32. The first-order chi connectivity index (χ1) is 10.8. The molecule has 0 N–H and O–H groups in total. The fourth-order valence-electron chi connectivity index (χ4n) is 2.84. The lowest BCUT2D eigenvalue weighted by molar-refractivity contribution is 0.163. The van der Waals surface area contributed by atoms with Gasteiger partial charge in [0.1, 0.15) is 0 Å². The summed E-state index contributed by atoms with van der Waals surface area (Å²) in [7, 11) is 0. The summed E-state index contributed by atoms with van der Waals surface area (Å²) < 4.78 is 5.45. The minimum atomic E-state index is 0.166. The maximum atomic E-state index is 5.45. The second-order valence-electron chi connectivity index (χ2n) is 6.01. The summed E-state index contributed by atoms with van der Waals surface area (Å²) in [5.74, 6) is 2.98. The molecule has 0 bridgehead atoms. The zero-order chi connectivity index (χ0) is 14.9. The van der Waals surface area contributed by atoms with Gasteiger partial charge in [0.25, 0.3) is 0 Å². The van der Waals surface area contributed by atoms with Crippen LogP contribution in [0.3, 0.4) is 0 Å². The molecular weight excluding hydrogens is 280 g/mol. The van der Waals surface area contributed by atoms with Gasteiger partial charge in [-0.1, -0.05) is 5.16 Å². The second kappa shape index (κ2) is 5.64. The Hall–Kier alpha value is -2.02. The topological polar surface area (TPSA) is 71.2 Å². The molecule has 116 valence electrons. The molecule has 1 saturated heterocycles. The third kappa shape index (κ3) is 2.68. The summed E-state index contributed by atoms with van der Waals surface area (Å²) in [6.07, 6.45) is 5.97. The highest BCUT2D eigenvalue weighted by molar-refractivity contribution is 5.29. The van der Waals surface area contributed by atoms with Gasteiger partial charge in [0, 0.05) is 44.5 Å². The van der Waals surface area contributed by atoms with Crippen LogP contribution < -0.4 is 4.90 Å². The van der Waals surface area contributed by atoms with Crippen LogP contribution in [0.2, 0.25) is 0 Å². The number of piperazine rings is 1. The van der Waals surface area contributed by atoms with E-state index in [2.05, 4.69) is 36.8 Å². The van der Waals surface area contributed by atoms with Crippen LogP contribution in [0.5, 0.6) is 0 Å². The van der Waals surface area contributed by atoms with Crippen LogP contribution in [-0.4, -0.2) is 51.2 Å². The monoisotopic (exact) mass is 300 g/mol. The first-order valence-corrected chi connectivity index (χ1v) is 7.91. The van der Waals surface area contributed by atoms with Gasteiger partial charge in [0.05, 0.1) is 6.04 Å². The fraction of sp³-hybridized carbons (Fsp3) is 0.600. The van der Waals surface area contributed by atoms with E-state index in [0.717, 1.165) is 43.8 Å². The van der Waals surface area contributed by atoms with Crippen molar-refractivity contribution in [1.82, 2.24) is 25.0 Å². The van der Waals surface area contributed by atoms with Crippen molar-refractivity contribution in [3.05, 3.63) is 30.2 Å². The Kier molecular flexibility index (Phi) is 3.49. The Morgan fingerprint density at radius 1 is 1.14 bits per heavy atom. The van der Waals surface area contributed by atoms with Gasteiger partial charge in [-0.2, -0.15) is 4.98 Å². The predicted octanol–water partition coefficient (Wildman–Crippen LogP) is 1.62. The minimum absolute atomic E-state index is 0.166. The molecule has 1 saturated carbocycles. The van der Waals surface area contributed by atoms with Crippen LogP contribution in [0, 0.1) is 0 Å². The number of hydrogen-bond acceptors (Lipinski definition) is 7. The third-order valence-electron chi connectivity index (χ3n) is 4.45. The molecule has 0 radical (unpaired) electrons. The molecule has 0 aromatic carbocycles. The Morgan fingerprint density at radius 2 is 1.86 bits per heavy atom. The highest BCUT2D eigenvalue weighted by Crippen LogP contribution is 2.38. The van der Waals surface area contributed by atoms with Crippen LogP contribution in [-0.2, 0) is 0 Å². The maximum absolute atomic E-state index is 5.45. The summed E-state index contributed by atoms with van der Waals surface area (Å²) in [5, 5.41) is 4.11. The van der Waals surface area contributed by atoms with Crippen LogP contribution in [0.25, 0.3) is 0 Å². The van der Waals surface area contributed by atoms with Crippen molar-refractivity contribution in [3.8, 4) is 0 Å². The fourth-order valence-corrected chi connectivity index (χ4v) is 2.84. The molecular formula is C15H20N6O. The molecule has 2 aromatic heterocycles. The third-order valence-corrected chi connectivity index (χ3v) is 4.45. The number of hydrogen-bond donors (Lipinski definition) is 0. The van der Waals surface area contributed by atoms with Crippen molar-refractivity contribution >= 4 is 5.95 Å². The van der Waals surface area contributed by atoms with E-state index in [9.17, 15) is 0 Å². The molecule has 0 amide bonds. The largest absolute Gasteiger partial charge is 0.338 e. The molecule has 2 aliphatic rings. The van der Waals surface area contributed by atoms with Crippen LogP contribution >= 0.6 is 0 Å². The van der Waals surface area contributed by atoms with Gasteiger partial charge >= 0.3 is 0 Å². The summed E-state index contributed by atoms with van der Waals surface area (Å²) in [6, 6.07) is 2.01. The van der Waals surface area contributed by atoms with Gasteiger partial charge in [-0.3, -0.25) is 4.90 Å². The number of rotatable bonds is 4. The maximum Gasteiger partial charge on any atom is 0.243 e. The van der Waals surface area contributed by atoms with Crippen molar-refractivity contribution < 1.29 is 4.52 Å². The lowest BCUT2D eigenvalue weighted by Gasteiger charge is -2.36. The van der Waals surface area contributed by atoms with Gasteiger partial charge < -0.3 is 9.42 Å². The summed E-state index contributed by atoms with van der Waals surface area (Å²) >= 11 is 0. The lowest BCUT2D eigenvalue weighted by atomic mass is 10.2. The van der Waals surface area contributed by atoms with Gasteiger partial charge in [-0.05, 0) is 25.8 Å². The van der Waals surface area contributed by atoms with Gasteiger partial charge in [0.2, 0.25) is 11.8 Å². The molecule has 2 fully saturated rings. The van der Waals surface area contributed by atoms with Crippen LogP contribution in [0.15, 0.2) is 23.0 Å². The van der Waals surface area contributed by atoms with Crippen molar-refractivity contribution in [2.24, 2.45) is 0 Å². The molecule has 3 heterocycles. The van der Waals surface area contributed by atoms with E-state index in [1.807, 2.05) is 6.07 Å². The van der Waals surface area contributed by atoms with Gasteiger partial charge in [0.15, 0.2) is 5.82 Å². The molecule has 1 aliphatic carbocycles. The molecule has 22 heavy (non-hydrogen) atoms. The summed E-state index contributed by atoms with van der Waals surface area (Å²) in [6.45, 7) is 5.86. The average molecular weight is 300 g/mol. The van der Waals surface area contributed by atoms with Crippen LogP contribution in [0.1, 0.15) is 43.4 Å². The molecule has 7 heteroatoms. The zero-order valence-corrected chi connectivity index (χ0v) is 12.7. The van der Waals surface area contributed by atoms with E-state index >= 15 is 0 Å². The Labute approximate surface area is 129 Å². The molecule has 7 nitrogen and oxygen atoms in total. The quantitative estimate of drug-likeness (QED) is 0.849. The molecule has 0 unspecified atom stereocenters. The highest BCUT2D eigenvalue weighted by atomic mass is 16.5. The van der Waals surface area contributed by atoms with Gasteiger partial charge in [-0.15, -0.1) is 0 Å². The van der Waals surface area contributed by atoms with E-state index in [1.165, 1.54) is 12.8 Å². The van der Waals surface area contributed by atoms with Crippen LogP contribution in [0.4, 0.5) is 5.95 Å². The van der Waals surface area contributed by atoms with E-state index < -0.39 is 0 Å². The minimum Gasteiger partial charge on any atom is -0.338 e. The molecule has 1 atom stereocenters. The summed E-state index contributed by atoms with van der Waals surface area (Å²) in [4.78, 5) is 17.8. The van der Waals surface area contributed by atoms with Crippen molar-refractivity contribution in [2.75, 3.05) is 31.1 Å². The molecule has 2 aromatic rings. The van der Waals surface area contributed by atoms with Gasteiger partial charge in [-0.25, -0.2) is 9.97 Å². The predicted molar refractivity (Wildman–Crippen MR) is 80.5 cm³/mol. The van der Waals surface area contributed by atoms with Crippen molar-refractivity contribution in [1.29, 1.82) is 0 Å². The van der Waals surface area contributed by atoms with E-state index in [4.69, 9.17) is 4.52 Å². The van der Waals surface area contributed by atoms with E-state index in [-0.39, 0.29) is 6.04 Å². The molecule has 0 spiro atoms. The Morgan fingerprint density at radius 3 is 2.55 bits per heavy atom. The van der Waals surface area contributed by atoms with E-state index in [0.29, 0.717) is 5.92 Å².